The summed E-state index contributed by atoms with van der Waals surface area (Å²) < 4.78 is 14.0. The molecule has 0 fully saturated rings. The first kappa shape index (κ1) is 13.0. The summed E-state index contributed by atoms with van der Waals surface area (Å²) in [6, 6.07) is 4.33. The van der Waals surface area contributed by atoms with Gasteiger partial charge >= 0.3 is 0 Å². The zero-order chi connectivity index (χ0) is 11.4. The van der Waals surface area contributed by atoms with Gasteiger partial charge in [0.2, 0.25) is 0 Å². The van der Waals surface area contributed by atoms with E-state index in [0.29, 0.717) is 16.6 Å². The molecule has 15 heavy (non-hydrogen) atoms. The lowest BCUT2D eigenvalue weighted by molar-refractivity contribution is 0.0151. The Balaban J connectivity index is 2.86. The highest BCUT2D eigenvalue weighted by Gasteiger charge is 2.20. The Morgan fingerprint density at radius 2 is 2.07 bits per heavy atom. The lowest BCUT2D eigenvalue weighted by Gasteiger charge is -2.17. The van der Waals surface area contributed by atoms with Crippen molar-refractivity contribution in [3.05, 3.63) is 34.1 Å². The summed E-state index contributed by atoms with van der Waals surface area (Å²) in [7, 11) is 0. The third kappa shape index (κ3) is 3.45. The van der Waals surface area contributed by atoms with Crippen LogP contribution in [0.15, 0.2) is 22.7 Å². The molecule has 2 N–H and O–H groups in total. The van der Waals surface area contributed by atoms with Crippen molar-refractivity contribution in [3.8, 4) is 0 Å². The number of halogens is 2. The van der Waals surface area contributed by atoms with E-state index >= 15 is 0 Å². The number of aliphatic hydroxyl groups excluding tert-OH is 2. The molecule has 84 valence electrons. The fraction of sp³-hybridized carbons (Fsp3) is 0.400. The normalized spacial score (nSPS) is 15.0. The van der Waals surface area contributed by atoms with Crippen molar-refractivity contribution < 1.29 is 14.6 Å². The van der Waals surface area contributed by atoms with Gasteiger partial charge in [0, 0.05) is 10.0 Å². The molecule has 2 atom stereocenters. The van der Waals surface area contributed by atoms with Gasteiger partial charge in [0.25, 0.3) is 0 Å². The topological polar surface area (TPSA) is 40.5 Å². The van der Waals surface area contributed by atoms with E-state index in [1.165, 1.54) is 12.1 Å². The van der Waals surface area contributed by atoms with E-state index in [0.717, 1.165) is 0 Å². The van der Waals surface area contributed by atoms with Crippen LogP contribution in [0.2, 0.25) is 0 Å². The summed E-state index contributed by atoms with van der Waals surface area (Å²) in [5.41, 5.74) is 0.104. The highest BCUT2D eigenvalue weighted by atomic mass is 79.9. The predicted octanol–water partition coefficient (Wildman–Crippen LogP) is 2.30. The molecule has 2 unspecified atom stereocenters. The van der Waals surface area contributed by atoms with Gasteiger partial charge in [-0.2, -0.15) is 12.6 Å². The summed E-state index contributed by atoms with van der Waals surface area (Å²) in [5, 5.41) is 19.1. The maximum Gasteiger partial charge on any atom is 0.130 e. The average molecular weight is 295 g/mol. The first-order chi connectivity index (χ1) is 7.06. The Hall–Kier alpha value is -0.100. The minimum Gasteiger partial charge on any atom is -0.390 e. The van der Waals surface area contributed by atoms with Crippen LogP contribution in [0.25, 0.3) is 0 Å². The molecule has 0 aliphatic heterocycles. The number of hydrogen-bond acceptors (Lipinski definition) is 3. The van der Waals surface area contributed by atoms with Gasteiger partial charge in [0.05, 0.1) is 6.10 Å². The highest BCUT2D eigenvalue weighted by Crippen LogP contribution is 2.24. The third-order valence-corrected chi connectivity index (χ3v) is 2.82. The smallest absolute Gasteiger partial charge is 0.130 e. The molecule has 0 spiro atoms. The van der Waals surface area contributed by atoms with Crippen LogP contribution in [0.5, 0.6) is 0 Å². The Kier molecular flexibility index (Phi) is 5.05. The fourth-order valence-corrected chi connectivity index (χ4v) is 1.84. The van der Waals surface area contributed by atoms with Crippen LogP contribution in [-0.2, 0) is 0 Å². The molecule has 0 aliphatic carbocycles. The van der Waals surface area contributed by atoms with Crippen molar-refractivity contribution in [2.24, 2.45) is 0 Å². The molecule has 1 aromatic carbocycles. The summed E-state index contributed by atoms with van der Waals surface area (Å²) in [6.45, 7) is 0. The molecule has 1 aromatic rings. The van der Waals surface area contributed by atoms with E-state index in [-0.39, 0.29) is 5.56 Å². The maximum atomic E-state index is 13.4. The molecule has 0 aliphatic rings. The number of thiol groups is 1. The van der Waals surface area contributed by atoms with Crippen molar-refractivity contribution >= 4 is 28.6 Å². The Bertz CT molecular complexity index is 335. The molecular formula is C10H12BrFO2S. The van der Waals surface area contributed by atoms with E-state index in [2.05, 4.69) is 28.6 Å². The molecule has 0 aromatic heterocycles. The van der Waals surface area contributed by atoms with Gasteiger partial charge in [-0.15, -0.1) is 0 Å². The van der Waals surface area contributed by atoms with Crippen LogP contribution < -0.4 is 0 Å². The van der Waals surface area contributed by atoms with Crippen molar-refractivity contribution in [1.82, 2.24) is 0 Å². The molecular weight excluding hydrogens is 283 g/mol. The van der Waals surface area contributed by atoms with Gasteiger partial charge in [0.15, 0.2) is 0 Å². The predicted molar refractivity (Wildman–Crippen MR) is 63.5 cm³/mol. The second kappa shape index (κ2) is 5.84. The summed E-state index contributed by atoms with van der Waals surface area (Å²) in [5.74, 6) is -0.0915. The van der Waals surface area contributed by atoms with Gasteiger partial charge < -0.3 is 10.2 Å². The molecule has 0 amide bonds. The van der Waals surface area contributed by atoms with Gasteiger partial charge in [0.1, 0.15) is 11.9 Å². The molecule has 1 rings (SSSR count). The van der Waals surface area contributed by atoms with E-state index < -0.39 is 18.0 Å². The molecule has 0 saturated carbocycles. The van der Waals surface area contributed by atoms with Crippen LogP contribution in [0.3, 0.4) is 0 Å². The van der Waals surface area contributed by atoms with Gasteiger partial charge in [-0.1, -0.05) is 22.0 Å². The third-order valence-electron chi connectivity index (χ3n) is 2.07. The quantitative estimate of drug-likeness (QED) is 0.746. The number of hydrogen-bond donors (Lipinski definition) is 3. The van der Waals surface area contributed by atoms with Crippen molar-refractivity contribution in [2.45, 2.75) is 18.6 Å². The van der Waals surface area contributed by atoms with Crippen molar-refractivity contribution in [1.29, 1.82) is 0 Å². The zero-order valence-electron chi connectivity index (χ0n) is 7.90. The van der Waals surface area contributed by atoms with Crippen molar-refractivity contribution in [2.75, 3.05) is 5.75 Å². The monoisotopic (exact) mass is 294 g/mol. The SMILES string of the molecule is OC(CCS)C(O)c1ccc(Br)cc1F. The molecule has 0 heterocycles. The molecule has 0 saturated heterocycles. The van der Waals surface area contributed by atoms with E-state index in [1.807, 2.05) is 0 Å². The minimum absolute atomic E-state index is 0.104. The summed E-state index contributed by atoms with van der Waals surface area (Å²) in [6.07, 6.45) is -1.87. The van der Waals surface area contributed by atoms with Gasteiger partial charge in [-0.05, 0) is 24.3 Å². The van der Waals surface area contributed by atoms with Crippen LogP contribution in [-0.4, -0.2) is 22.1 Å². The Labute approximate surface area is 102 Å². The van der Waals surface area contributed by atoms with E-state index in [4.69, 9.17) is 0 Å². The second-order valence-corrected chi connectivity index (χ2v) is 4.55. The molecule has 5 heteroatoms. The number of rotatable bonds is 4. The maximum absolute atomic E-state index is 13.4. The van der Waals surface area contributed by atoms with E-state index in [1.54, 1.807) is 6.07 Å². The summed E-state index contributed by atoms with van der Waals surface area (Å²) >= 11 is 7.05. The van der Waals surface area contributed by atoms with E-state index in [9.17, 15) is 14.6 Å². The van der Waals surface area contributed by atoms with Crippen LogP contribution in [0, 0.1) is 5.82 Å². The molecule has 0 radical (unpaired) electrons. The molecule has 2 nitrogen and oxygen atoms in total. The fourth-order valence-electron chi connectivity index (χ4n) is 1.24. The first-order valence-corrected chi connectivity index (χ1v) is 5.90. The number of benzene rings is 1. The Morgan fingerprint density at radius 3 is 2.60 bits per heavy atom. The lowest BCUT2D eigenvalue weighted by Crippen LogP contribution is -2.19. The zero-order valence-corrected chi connectivity index (χ0v) is 10.4. The van der Waals surface area contributed by atoms with Crippen LogP contribution >= 0.6 is 28.6 Å². The minimum atomic E-state index is -1.20. The molecule has 0 bridgehead atoms. The largest absolute Gasteiger partial charge is 0.390 e. The standard InChI is InChI=1S/C10H12BrFO2S/c11-6-1-2-7(8(12)5-6)10(14)9(13)3-4-15/h1-2,5,9-10,13-15H,3-4H2. The van der Waals surface area contributed by atoms with Gasteiger partial charge in [-0.3, -0.25) is 0 Å². The first-order valence-electron chi connectivity index (χ1n) is 4.48. The average Bonchev–Trinajstić information content (AvgIpc) is 2.17. The summed E-state index contributed by atoms with van der Waals surface area (Å²) in [4.78, 5) is 0. The van der Waals surface area contributed by atoms with Crippen LogP contribution in [0.1, 0.15) is 18.1 Å². The lowest BCUT2D eigenvalue weighted by atomic mass is 10.0. The van der Waals surface area contributed by atoms with Crippen molar-refractivity contribution in [3.63, 3.8) is 0 Å². The highest BCUT2D eigenvalue weighted by molar-refractivity contribution is 9.10. The Morgan fingerprint density at radius 1 is 1.40 bits per heavy atom. The van der Waals surface area contributed by atoms with Crippen LogP contribution in [0.4, 0.5) is 4.39 Å². The number of aliphatic hydroxyl groups is 2. The van der Waals surface area contributed by atoms with Gasteiger partial charge in [-0.25, -0.2) is 4.39 Å². The second-order valence-electron chi connectivity index (χ2n) is 3.19.